The van der Waals surface area contributed by atoms with Crippen LogP contribution in [0.4, 0.5) is 0 Å². The van der Waals surface area contributed by atoms with E-state index in [1.165, 1.54) is 32.1 Å². The summed E-state index contributed by atoms with van der Waals surface area (Å²) in [6.45, 7) is 0.814. The second kappa shape index (κ2) is 8.14. The zero-order valence-electron chi connectivity index (χ0n) is 9.43. The third kappa shape index (κ3) is 6.18. The number of carbonyl (C=O) groups excluding carboxylic acids is 1. The van der Waals surface area contributed by atoms with Crippen molar-refractivity contribution in [2.75, 3.05) is 11.9 Å². The quantitative estimate of drug-likeness (QED) is 0.585. The van der Waals surface area contributed by atoms with Crippen LogP contribution < -0.4 is 5.32 Å². The summed E-state index contributed by atoms with van der Waals surface area (Å²) in [6, 6.07) is 0. The average molecular weight is 276 g/mol. The van der Waals surface area contributed by atoms with Gasteiger partial charge in [-0.15, -0.1) is 0 Å². The first kappa shape index (κ1) is 13.0. The molecule has 0 bridgehead atoms. The van der Waals surface area contributed by atoms with Crippen LogP contribution >= 0.6 is 15.9 Å². The van der Waals surface area contributed by atoms with Gasteiger partial charge < -0.3 is 5.32 Å². The number of hydrogen-bond donors (Lipinski definition) is 1. The van der Waals surface area contributed by atoms with Gasteiger partial charge in [0.05, 0.1) is 0 Å². The highest BCUT2D eigenvalue weighted by Crippen LogP contribution is 2.27. The van der Waals surface area contributed by atoms with Gasteiger partial charge in [-0.25, -0.2) is 0 Å². The van der Waals surface area contributed by atoms with Gasteiger partial charge in [0.15, 0.2) is 0 Å². The van der Waals surface area contributed by atoms with Crippen molar-refractivity contribution in [3.63, 3.8) is 0 Å². The number of rotatable bonds is 6. The number of nitrogens with one attached hydrogen (secondary N) is 1. The Labute approximate surface area is 101 Å². The smallest absolute Gasteiger partial charge is 0.220 e. The molecular formula is C12H22BrNO. The summed E-state index contributed by atoms with van der Waals surface area (Å²) in [4.78, 5) is 11.4. The lowest BCUT2D eigenvalue weighted by Crippen LogP contribution is -2.25. The van der Waals surface area contributed by atoms with E-state index in [0.29, 0.717) is 0 Å². The summed E-state index contributed by atoms with van der Waals surface area (Å²) < 4.78 is 0. The number of hydrogen-bond acceptors (Lipinski definition) is 1. The molecule has 0 unspecified atom stereocenters. The van der Waals surface area contributed by atoms with E-state index in [1.54, 1.807) is 0 Å². The van der Waals surface area contributed by atoms with Crippen LogP contribution in [0.3, 0.4) is 0 Å². The molecule has 2 nitrogen and oxygen atoms in total. The largest absolute Gasteiger partial charge is 0.356 e. The molecule has 1 rings (SSSR count). The average Bonchev–Trinajstić information content (AvgIpc) is 2.28. The third-order valence-corrected chi connectivity index (χ3v) is 3.70. The highest BCUT2D eigenvalue weighted by molar-refractivity contribution is 9.09. The van der Waals surface area contributed by atoms with Gasteiger partial charge in [0.1, 0.15) is 0 Å². The maximum absolute atomic E-state index is 11.4. The molecule has 0 spiro atoms. The van der Waals surface area contributed by atoms with Crippen molar-refractivity contribution in [2.45, 2.75) is 51.4 Å². The fraction of sp³-hybridized carbons (Fsp3) is 0.917. The van der Waals surface area contributed by atoms with Crippen LogP contribution in [0.5, 0.6) is 0 Å². The predicted molar refractivity (Wildman–Crippen MR) is 67.2 cm³/mol. The van der Waals surface area contributed by atoms with E-state index in [0.717, 1.165) is 37.1 Å². The molecule has 1 aliphatic carbocycles. The molecule has 0 aromatic rings. The normalized spacial score (nSPS) is 17.7. The van der Waals surface area contributed by atoms with Crippen LogP contribution in [-0.2, 0) is 4.79 Å². The monoisotopic (exact) mass is 275 g/mol. The molecule has 0 aliphatic heterocycles. The summed E-state index contributed by atoms with van der Waals surface area (Å²) in [5, 5.41) is 3.92. The maximum atomic E-state index is 11.4. The van der Waals surface area contributed by atoms with Gasteiger partial charge >= 0.3 is 0 Å². The summed E-state index contributed by atoms with van der Waals surface area (Å²) in [7, 11) is 0. The maximum Gasteiger partial charge on any atom is 0.220 e. The minimum atomic E-state index is 0.238. The Morgan fingerprint density at radius 3 is 2.67 bits per heavy atom. The Bertz CT molecular complexity index is 178. The highest BCUT2D eigenvalue weighted by Gasteiger charge is 2.14. The molecule has 0 heterocycles. The zero-order chi connectivity index (χ0) is 10.9. The van der Waals surface area contributed by atoms with Crippen LogP contribution in [0.15, 0.2) is 0 Å². The predicted octanol–water partition coefficient (Wildman–Crippen LogP) is 3.25. The van der Waals surface area contributed by atoms with Crippen molar-refractivity contribution in [2.24, 2.45) is 5.92 Å². The lowest BCUT2D eigenvalue weighted by atomic mass is 9.86. The number of alkyl halides is 1. The molecular weight excluding hydrogens is 254 g/mol. The van der Waals surface area contributed by atoms with Crippen LogP contribution in [0.1, 0.15) is 51.4 Å². The third-order valence-electron chi connectivity index (χ3n) is 3.14. The van der Waals surface area contributed by atoms with Crippen LogP contribution in [0.2, 0.25) is 0 Å². The summed E-state index contributed by atoms with van der Waals surface area (Å²) >= 11 is 3.35. The van der Waals surface area contributed by atoms with Gasteiger partial charge in [-0.1, -0.05) is 48.0 Å². The standard InChI is InChI=1S/C12H22BrNO/c13-9-4-10-14-12(15)8-7-11-5-2-1-3-6-11/h11H,1-10H2,(H,14,15). The number of halogens is 1. The molecule has 0 atom stereocenters. The molecule has 1 fully saturated rings. The Hall–Kier alpha value is -0.0500. The van der Waals surface area contributed by atoms with E-state index >= 15 is 0 Å². The highest BCUT2D eigenvalue weighted by atomic mass is 79.9. The van der Waals surface area contributed by atoms with E-state index in [9.17, 15) is 4.79 Å². The molecule has 0 radical (unpaired) electrons. The van der Waals surface area contributed by atoms with Crippen molar-refractivity contribution < 1.29 is 4.79 Å². The molecule has 3 heteroatoms. The van der Waals surface area contributed by atoms with E-state index < -0.39 is 0 Å². The molecule has 88 valence electrons. The first-order valence-corrected chi connectivity index (χ1v) is 7.27. The number of amides is 1. The molecule has 1 saturated carbocycles. The fourth-order valence-electron chi connectivity index (χ4n) is 2.19. The molecule has 1 aliphatic rings. The van der Waals surface area contributed by atoms with Gasteiger partial charge in [-0.05, 0) is 18.8 Å². The van der Waals surface area contributed by atoms with Crippen molar-refractivity contribution in [3.8, 4) is 0 Å². The Morgan fingerprint density at radius 1 is 1.27 bits per heavy atom. The molecule has 0 aromatic carbocycles. The van der Waals surface area contributed by atoms with Crippen molar-refractivity contribution >= 4 is 21.8 Å². The van der Waals surface area contributed by atoms with E-state index in [2.05, 4.69) is 21.2 Å². The van der Waals surface area contributed by atoms with Crippen LogP contribution in [0, 0.1) is 5.92 Å². The van der Waals surface area contributed by atoms with Gasteiger partial charge in [0, 0.05) is 18.3 Å². The van der Waals surface area contributed by atoms with Crippen molar-refractivity contribution in [3.05, 3.63) is 0 Å². The van der Waals surface area contributed by atoms with Gasteiger partial charge in [0.25, 0.3) is 0 Å². The van der Waals surface area contributed by atoms with Crippen molar-refractivity contribution in [1.82, 2.24) is 5.32 Å². The minimum absolute atomic E-state index is 0.238. The summed E-state index contributed by atoms with van der Waals surface area (Å²) in [6.07, 6.45) is 9.67. The zero-order valence-corrected chi connectivity index (χ0v) is 11.0. The van der Waals surface area contributed by atoms with Crippen LogP contribution in [0.25, 0.3) is 0 Å². The van der Waals surface area contributed by atoms with E-state index in [4.69, 9.17) is 0 Å². The minimum Gasteiger partial charge on any atom is -0.356 e. The van der Waals surface area contributed by atoms with Gasteiger partial charge in [-0.3, -0.25) is 4.79 Å². The van der Waals surface area contributed by atoms with Crippen LogP contribution in [-0.4, -0.2) is 17.8 Å². The van der Waals surface area contributed by atoms with E-state index in [-0.39, 0.29) is 5.91 Å². The Balaban J connectivity index is 2.00. The summed E-state index contributed by atoms with van der Waals surface area (Å²) in [5.74, 6) is 1.06. The second-order valence-corrected chi connectivity index (χ2v) is 5.23. The second-order valence-electron chi connectivity index (χ2n) is 4.44. The lowest BCUT2D eigenvalue weighted by molar-refractivity contribution is -0.121. The molecule has 1 N–H and O–H groups in total. The first-order chi connectivity index (χ1) is 7.33. The molecule has 15 heavy (non-hydrogen) atoms. The lowest BCUT2D eigenvalue weighted by Gasteiger charge is -2.20. The Kier molecular flexibility index (Phi) is 7.07. The molecule has 1 amide bonds. The number of carbonyl (C=O) groups is 1. The van der Waals surface area contributed by atoms with Gasteiger partial charge in [0.2, 0.25) is 5.91 Å². The Morgan fingerprint density at radius 2 is 2.00 bits per heavy atom. The van der Waals surface area contributed by atoms with E-state index in [1.807, 2.05) is 0 Å². The summed E-state index contributed by atoms with van der Waals surface area (Å²) in [5.41, 5.74) is 0. The van der Waals surface area contributed by atoms with Gasteiger partial charge in [-0.2, -0.15) is 0 Å². The SMILES string of the molecule is O=C(CCC1CCCCC1)NCCCBr. The molecule has 0 saturated heterocycles. The first-order valence-electron chi connectivity index (χ1n) is 6.15. The van der Waals surface area contributed by atoms with Crippen molar-refractivity contribution in [1.29, 1.82) is 0 Å². The topological polar surface area (TPSA) is 29.1 Å². The fourth-order valence-corrected chi connectivity index (χ4v) is 2.47. The molecule has 0 aromatic heterocycles.